The highest BCUT2D eigenvalue weighted by Gasteiger charge is 2.22. The zero-order valence-electron chi connectivity index (χ0n) is 17.1. The molecule has 2 aromatic heterocycles. The van der Waals surface area contributed by atoms with Crippen LogP contribution in [0.1, 0.15) is 35.7 Å². The van der Waals surface area contributed by atoms with Crippen molar-refractivity contribution in [2.45, 2.75) is 38.8 Å². The van der Waals surface area contributed by atoms with E-state index in [1.807, 2.05) is 17.7 Å². The van der Waals surface area contributed by atoms with E-state index in [-0.39, 0.29) is 17.7 Å². The summed E-state index contributed by atoms with van der Waals surface area (Å²) in [4.78, 5) is 17.5. The molecule has 8 heteroatoms. The van der Waals surface area contributed by atoms with Gasteiger partial charge in [0, 0.05) is 38.5 Å². The smallest absolute Gasteiger partial charge is 0.254 e. The molecule has 1 amide bonds. The van der Waals surface area contributed by atoms with Gasteiger partial charge in [0.15, 0.2) is 5.65 Å². The third kappa shape index (κ3) is 4.38. The number of fused-ring (bicyclic) bond motifs is 1. The fourth-order valence-electron chi connectivity index (χ4n) is 3.76. The predicted octanol–water partition coefficient (Wildman–Crippen LogP) is 2.72. The minimum atomic E-state index is -0.177. The molecule has 3 N–H and O–H groups in total. The molecule has 0 atom stereocenters. The number of phenols is 1. The van der Waals surface area contributed by atoms with Crippen molar-refractivity contribution < 1.29 is 14.6 Å². The standard InChI is InChI=1S/C22H27N5O3/c1-2-27-21-18(14-25-27)20(26-16-7-10-30-11-8-16)19(13-24-21)22(29)23-9-6-15-4-3-5-17(28)12-15/h3-5,12-14,16,28H,2,6-11H2,1H3,(H,23,29)(H,24,26). The Bertz CT molecular complexity index is 1030. The van der Waals surface area contributed by atoms with E-state index < -0.39 is 0 Å². The average molecular weight is 409 g/mol. The summed E-state index contributed by atoms with van der Waals surface area (Å²) in [5, 5.41) is 21.4. The van der Waals surface area contributed by atoms with E-state index in [0.29, 0.717) is 38.3 Å². The van der Waals surface area contributed by atoms with Crippen LogP contribution in [0.2, 0.25) is 0 Å². The first kappa shape index (κ1) is 20.2. The molecule has 3 heterocycles. The molecule has 0 saturated carbocycles. The van der Waals surface area contributed by atoms with Crippen LogP contribution in [0.25, 0.3) is 11.0 Å². The van der Waals surface area contributed by atoms with Gasteiger partial charge in [-0.2, -0.15) is 5.10 Å². The van der Waals surface area contributed by atoms with Crippen LogP contribution in [0.15, 0.2) is 36.7 Å². The van der Waals surface area contributed by atoms with Crippen LogP contribution in [0, 0.1) is 0 Å². The van der Waals surface area contributed by atoms with Gasteiger partial charge in [0.2, 0.25) is 0 Å². The normalized spacial score (nSPS) is 14.7. The van der Waals surface area contributed by atoms with E-state index in [0.717, 1.165) is 35.1 Å². The van der Waals surface area contributed by atoms with Gasteiger partial charge in [-0.15, -0.1) is 0 Å². The van der Waals surface area contributed by atoms with E-state index in [2.05, 4.69) is 20.7 Å². The molecule has 0 bridgehead atoms. The summed E-state index contributed by atoms with van der Waals surface area (Å²) in [7, 11) is 0. The maximum absolute atomic E-state index is 13.0. The molecule has 1 aromatic carbocycles. The third-order valence-electron chi connectivity index (χ3n) is 5.39. The topological polar surface area (TPSA) is 101 Å². The van der Waals surface area contributed by atoms with Crippen molar-refractivity contribution in [3.63, 3.8) is 0 Å². The van der Waals surface area contributed by atoms with Gasteiger partial charge in [-0.25, -0.2) is 9.67 Å². The monoisotopic (exact) mass is 409 g/mol. The van der Waals surface area contributed by atoms with Crippen molar-refractivity contribution in [3.05, 3.63) is 47.8 Å². The van der Waals surface area contributed by atoms with E-state index in [1.54, 1.807) is 30.6 Å². The van der Waals surface area contributed by atoms with E-state index >= 15 is 0 Å². The molecule has 1 fully saturated rings. The zero-order chi connectivity index (χ0) is 20.9. The SMILES string of the molecule is CCn1ncc2c(NC3CCOCC3)c(C(=O)NCCc3cccc(O)c3)cnc21. The summed E-state index contributed by atoms with van der Waals surface area (Å²) in [6, 6.07) is 7.31. The molecule has 1 aliphatic rings. The quantitative estimate of drug-likeness (QED) is 0.555. The molecule has 0 aliphatic carbocycles. The summed E-state index contributed by atoms with van der Waals surface area (Å²) in [5.41, 5.74) is 3.03. The molecular weight excluding hydrogens is 382 g/mol. The maximum atomic E-state index is 13.0. The van der Waals surface area contributed by atoms with Gasteiger partial charge < -0.3 is 20.5 Å². The highest BCUT2D eigenvalue weighted by molar-refractivity contribution is 6.06. The molecular formula is C22H27N5O3. The van der Waals surface area contributed by atoms with Crippen LogP contribution in [0.3, 0.4) is 0 Å². The highest BCUT2D eigenvalue weighted by Crippen LogP contribution is 2.28. The number of benzene rings is 1. The van der Waals surface area contributed by atoms with Crippen molar-refractivity contribution in [3.8, 4) is 5.75 Å². The number of anilines is 1. The fraction of sp³-hybridized carbons (Fsp3) is 0.409. The molecule has 0 radical (unpaired) electrons. The van der Waals surface area contributed by atoms with E-state index in [9.17, 15) is 9.90 Å². The Morgan fingerprint density at radius 2 is 2.13 bits per heavy atom. The summed E-state index contributed by atoms with van der Waals surface area (Å²) in [5.74, 6) is 0.0488. The number of aromatic hydroxyl groups is 1. The molecule has 3 aromatic rings. The summed E-state index contributed by atoms with van der Waals surface area (Å²) in [6.07, 6.45) is 5.82. The Kier molecular flexibility index (Phi) is 6.13. The van der Waals surface area contributed by atoms with Crippen LogP contribution in [0.4, 0.5) is 5.69 Å². The second-order valence-electron chi connectivity index (χ2n) is 7.45. The number of hydrogen-bond donors (Lipinski definition) is 3. The van der Waals surface area contributed by atoms with Gasteiger partial charge in [0.1, 0.15) is 5.75 Å². The number of carbonyl (C=O) groups is 1. The van der Waals surface area contributed by atoms with Crippen LogP contribution in [0.5, 0.6) is 5.75 Å². The lowest BCUT2D eigenvalue weighted by Crippen LogP contribution is -2.31. The first-order valence-electron chi connectivity index (χ1n) is 10.4. The molecule has 30 heavy (non-hydrogen) atoms. The summed E-state index contributed by atoms with van der Waals surface area (Å²) < 4.78 is 7.29. The largest absolute Gasteiger partial charge is 0.508 e. The predicted molar refractivity (Wildman–Crippen MR) is 115 cm³/mol. The molecule has 0 unspecified atom stereocenters. The minimum absolute atomic E-state index is 0.177. The Labute approximate surface area is 175 Å². The number of nitrogens with one attached hydrogen (secondary N) is 2. The minimum Gasteiger partial charge on any atom is -0.508 e. The summed E-state index contributed by atoms with van der Waals surface area (Å²) >= 11 is 0. The van der Waals surface area contributed by atoms with Gasteiger partial charge in [0.05, 0.1) is 22.8 Å². The Morgan fingerprint density at radius 1 is 1.30 bits per heavy atom. The number of nitrogens with zero attached hydrogens (tertiary/aromatic N) is 3. The van der Waals surface area contributed by atoms with Gasteiger partial charge in [0.25, 0.3) is 5.91 Å². The lowest BCUT2D eigenvalue weighted by Gasteiger charge is -2.25. The average Bonchev–Trinajstić information content (AvgIpc) is 3.18. The number of pyridine rings is 1. The Morgan fingerprint density at radius 3 is 2.90 bits per heavy atom. The molecule has 0 spiro atoms. The van der Waals surface area contributed by atoms with Gasteiger partial charge >= 0.3 is 0 Å². The molecule has 1 saturated heterocycles. The molecule has 8 nitrogen and oxygen atoms in total. The third-order valence-corrected chi connectivity index (χ3v) is 5.39. The molecule has 158 valence electrons. The van der Waals surface area contributed by atoms with Crippen LogP contribution < -0.4 is 10.6 Å². The lowest BCUT2D eigenvalue weighted by atomic mass is 10.1. The van der Waals surface area contributed by atoms with Crippen molar-refractivity contribution in [2.24, 2.45) is 0 Å². The first-order chi connectivity index (χ1) is 14.7. The van der Waals surface area contributed by atoms with Crippen LogP contribution in [-0.2, 0) is 17.7 Å². The van der Waals surface area contributed by atoms with Gasteiger partial charge in [-0.05, 0) is 43.9 Å². The number of rotatable bonds is 7. The number of hydrogen-bond acceptors (Lipinski definition) is 6. The maximum Gasteiger partial charge on any atom is 0.254 e. The van der Waals surface area contributed by atoms with Crippen LogP contribution in [-0.4, -0.2) is 51.6 Å². The summed E-state index contributed by atoms with van der Waals surface area (Å²) in [6.45, 7) is 4.62. The number of aromatic nitrogens is 3. The number of amides is 1. The van der Waals surface area contributed by atoms with Gasteiger partial charge in [-0.3, -0.25) is 4.79 Å². The lowest BCUT2D eigenvalue weighted by molar-refractivity contribution is 0.0904. The highest BCUT2D eigenvalue weighted by atomic mass is 16.5. The molecule has 4 rings (SSSR count). The van der Waals surface area contributed by atoms with E-state index in [4.69, 9.17) is 4.74 Å². The van der Waals surface area contributed by atoms with Crippen molar-refractivity contribution >= 4 is 22.6 Å². The van der Waals surface area contributed by atoms with Crippen molar-refractivity contribution in [2.75, 3.05) is 25.1 Å². The number of carbonyl (C=O) groups excluding carboxylic acids is 1. The Hall–Kier alpha value is -3.13. The van der Waals surface area contributed by atoms with Gasteiger partial charge in [-0.1, -0.05) is 12.1 Å². The van der Waals surface area contributed by atoms with Crippen molar-refractivity contribution in [1.82, 2.24) is 20.1 Å². The second kappa shape index (κ2) is 9.13. The Balaban J connectivity index is 1.55. The van der Waals surface area contributed by atoms with E-state index in [1.165, 1.54) is 0 Å². The second-order valence-corrected chi connectivity index (χ2v) is 7.45. The first-order valence-corrected chi connectivity index (χ1v) is 10.4. The molecule has 1 aliphatic heterocycles. The number of phenolic OH excluding ortho intramolecular Hbond substituents is 1. The number of ether oxygens (including phenoxy) is 1. The fourth-order valence-corrected chi connectivity index (χ4v) is 3.76. The van der Waals surface area contributed by atoms with Crippen LogP contribution >= 0.6 is 0 Å². The number of aryl methyl sites for hydroxylation is 1. The zero-order valence-corrected chi connectivity index (χ0v) is 17.1. The van der Waals surface area contributed by atoms with Crippen molar-refractivity contribution in [1.29, 1.82) is 0 Å².